The summed E-state index contributed by atoms with van der Waals surface area (Å²) in [6.07, 6.45) is -0.0388. The van der Waals surface area contributed by atoms with Crippen LogP contribution in [0.15, 0.2) is 30.3 Å². The molecule has 3 heteroatoms. The number of carbonyl (C=O) groups is 1. The molecule has 1 unspecified atom stereocenters. The molecular formula is C11H12O3. The number of carboxylic acid groups (broad SMARTS) is 1. The van der Waals surface area contributed by atoms with E-state index in [1.54, 1.807) is 0 Å². The van der Waals surface area contributed by atoms with E-state index in [2.05, 4.69) is 0 Å². The third-order valence-electron chi connectivity index (χ3n) is 2.70. The van der Waals surface area contributed by atoms with E-state index < -0.39 is 12.1 Å². The van der Waals surface area contributed by atoms with Crippen LogP contribution in [0, 0.1) is 11.8 Å². The molecule has 1 aliphatic carbocycles. The molecule has 3 nitrogen and oxygen atoms in total. The van der Waals surface area contributed by atoms with Crippen LogP contribution in [0.2, 0.25) is 0 Å². The summed E-state index contributed by atoms with van der Waals surface area (Å²) in [6.45, 7) is 0. The van der Waals surface area contributed by atoms with Crippen molar-refractivity contribution in [2.75, 3.05) is 0 Å². The molecule has 1 aromatic rings. The van der Waals surface area contributed by atoms with E-state index in [4.69, 9.17) is 5.11 Å². The number of aliphatic hydroxyl groups is 1. The topological polar surface area (TPSA) is 57.5 Å². The molecule has 14 heavy (non-hydrogen) atoms. The average Bonchev–Trinajstić information content (AvgIpc) is 2.97. The summed E-state index contributed by atoms with van der Waals surface area (Å²) in [5.74, 6) is -1.26. The number of aliphatic carboxylic acids is 1. The fourth-order valence-electron chi connectivity index (χ4n) is 1.74. The molecule has 1 aliphatic rings. The van der Waals surface area contributed by atoms with Crippen molar-refractivity contribution in [2.45, 2.75) is 12.5 Å². The van der Waals surface area contributed by atoms with Gasteiger partial charge in [0.1, 0.15) is 0 Å². The number of benzene rings is 1. The highest BCUT2D eigenvalue weighted by molar-refractivity contribution is 5.73. The van der Waals surface area contributed by atoms with E-state index in [9.17, 15) is 9.90 Å². The van der Waals surface area contributed by atoms with Gasteiger partial charge in [0.15, 0.2) is 0 Å². The van der Waals surface area contributed by atoms with Crippen LogP contribution >= 0.6 is 0 Å². The molecule has 0 amide bonds. The van der Waals surface area contributed by atoms with Crippen molar-refractivity contribution >= 4 is 5.97 Å². The fraction of sp³-hybridized carbons (Fsp3) is 0.364. The van der Waals surface area contributed by atoms with Crippen molar-refractivity contribution in [3.63, 3.8) is 0 Å². The largest absolute Gasteiger partial charge is 0.481 e. The van der Waals surface area contributed by atoms with Gasteiger partial charge in [-0.15, -0.1) is 0 Å². The van der Waals surface area contributed by atoms with Gasteiger partial charge in [-0.3, -0.25) is 4.79 Å². The van der Waals surface area contributed by atoms with E-state index in [0.29, 0.717) is 6.42 Å². The zero-order valence-corrected chi connectivity index (χ0v) is 7.63. The van der Waals surface area contributed by atoms with Crippen LogP contribution in [-0.2, 0) is 4.79 Å². The zero-order chi connectivity index (χ0) is 10.1. The Morgan fingerprint density at radius 1 is 1.36 bits per heavy atom. The lowest BCUT2D eigenvalue weighted by atomic mass is 10.0. The van der Waals surface area contributed by atoms with Gasteiger partial charge in [0.05, 0.1) is 12.0 Å². The van der Waals surface area contributed by atoms with Gasteiger partial charge < -0.3 is 10.2 Å². The highest BCUT2D eigenvalue weighted by Gasteiger charge is 2.47. The van der Waals surface area contributed by atoms with Crippen LogP contribution in [0.4, 0.5) is 0 Å². The van der Waals surface area contributed by atoms with Gasteiger partial charge in [-0.05, 0) is 12.0 Å². The Kier molecular flexibility index (Phi) is 2.25. The number of rotatable bonds is 3. The number of hydrogen-bond acceptors (Lipinski definition) is 2. The minimum absolute atomic E-state index is 0.102. The smallest absolute Gasteiger partial charge is 0.306 e. The van der Waals surface area contributed by atoms with Crippen molar-refractivity contribution in [3.8, 4) is 0 Å². The van der Waals surface area contributed by atoms with Crippen LogP contribution in [0.5, 0.6) is 0 Å². The molecule has 0 saturated heterocycles. The molecule has 0 radical (unpaired) electrons. The SMILES string of the molecule is O=C(O)[C@H]1C[C@H]1C(O)c1ccccc1. The second-order valence-electron chi connectivity index (χ2n) is 3.70. The third-order valence-corrected chi connectivity index (χ3v) is 2.70. The van der Waals surface area contributed by atoms with Crippen LogP contribution in [0.3, 0.4) is 0 Å². The predicted octanol–water partition coefficient (Wildman–Crippen LogP) is 1.44. The van der Waals surface area contributed by atoms with E-state index in [-0.39, 0.29) is 11.8 Å². The van der Waals surface area contributed by atoms with Crippen LogP contribution < -0.4 is 0 Å². The third kappa shape index (κ3) is 1.63. The van der Waals surface area contributed by atoms with Crippen LogP contribution in [0.25, 0.3) is 0 Å². The molecule has 2 rings (SSSR count). The first-order chi connectivity index (χ1) is 6.70. The van der Waals surface area contributed by atoms with Gasteiger partial charge in [-0.2, -0.15) is 0 Å². The molecule has 2 N–H and O–H groups in total. The van der Waals surface area contributed by atoms with Gasteiger partial charge in [0.2, 0.25) is 0 Å². The molecule has 0 spiro atoms. The lowest BCUT2D eigenvalue weighted by molar-refractivity contribution is -0.139. The molecule has 1 aromatic carbocycles. The Labute approximate surface area is 82.0 Å². The van der Waals surface area contributed by atoms with Crippen LogP contribution in [-0.4, -0.2) is 16.2 Å². The van der Waals surface area contributed by atoms with Gasteiger partial charge in [-0.1, -0.05) is 30.3 Å². The summed E-state index contributed by atoms with van der Waals surface area (Å²) in [5.41, 5.74) is 0.807. The molecule has 0 heterocycles. The summed E-state index contributed by atoms with van der Waals surface area (Å²) in [6, 6.07) is 9.20. The van der Waals surface area contributed by atoms with Crippen molar-refractivity contribution in [2.24, 2.45) is 11.8 Å². The van der Waals surface area contributed by atoms with E-state index in [1.807, 2.05) is 30.3 Å². The first-order valence-corrected chi connectivity index (χ1v) is 4.66. The highest BCUT2D eigenvalue weighted by Crippen LogP contribution is 2.47. The monoisotopic (exact) mass is 192 g/mol. The molecule has 1 saturated carbocycles. The summed E-state index contributed by atoms with van der Waals surface area (Å²) >= 11 is 0. The minimum Gasteiger partial charge on any atom is -0.481 e. The van der Waals surface area contributed by atoms with Crippen molar-refractivity contribution in [1.29, 1.82) is 0 Å². The molecule has 3 atom stereocenters. The average molecular weight is 192 g/mol. The van der Waals surface area contributed by atoms with Gasteiger partial charge in [0, 0.05) is 5.92 Å². The first-order valence-electron chi connectivity index (χ1n) is 4.66. The summed E-state index contributed by atoms with van der Waals surface area (Å²) in [4.78, 5) is 10.6. The molecule has 0 aromatic heterocycles. The van der Waals surface area contributed by atoms with E-state index in [0.717, 1.165) is 5.56 Å². The van der Waals surface area contributed by atoms with Crippen molar-refractivity contribution in [3.05, 3.63) is 35.9 Å². The molecule has 0 bridgehead atoms. The summed E-state index contributed by atoms with van der Waals surface area (Å²) < 4.78 is 0. The van der Waals surface area contributed by atoms with E-state index in [1.165, 1.54) is 0 Å². The maximum atomic E-state index is 10.6. The molecular weight excluding hydrogens is 180 g/mol. The van der Waals surface area contributed by atoms with Crippen LogP contribution in [0.1, 0.15) is 18.1 Å². The van der Waals surface area contributed by atoms with E-state index >= 15 is 0 Å². The van der Waals surface area contributed by atoms with Gasteiger partial charge in [0.25, 0.3) is 0 Å². The Morgan fingerprint density at radius 2 is 2.00 bits per heavy atom. The van der Waals surface area contributed by atoms with Crippen molar-refractivity contribution < 1.29 is 15.0 Å². The lowest BCUT2D eigenvalue weighted by Gasteiger charge is -2.08. The first kappa shape index (κ1) is 9.21. The number of carboxylic acids is 1. The second-order valence-corrected chi connectivity index (χ2v) is 3.70. The maximum absolute atomic E-state index is 10.6. The second kappa shape index (κ2) is 3.42. The van der Waals surface area contributed by atoms with Gasteiger partial charge >= 0.3 is 5.97 Å². The molecule has 0 aliphatic heterocycles. The normalized spacial score (nSPS) is 26.9. The summed E-state index contributed by atoms with van der Waals surface area (Å²) in [5, 5.41) is 18.5. The number of aliphatic hydroxyl groups excluding tert-OH is 1. The zero-order valence-electron chi connectivity index (χ0n) is 7.63. The van der Waals surface area contributed by atoms with Gasteiger partial charge in [-0.25, -0.2) is 0 Å². The number of hydrogen-bond donors (Lipinski definition) is 2. The predicted molar refractivity (Wildman–Crippen MR) is 50.6 cm³/mol. The maximum Gasteiger partial charge on any atom is 0.306 e. The quantitative estimate of drug-likeness (QED) is 0.761. The molecule has 74 valence electrons. The molecule has 1 fully saturated rings. The fourth-order valence-corrected chi connectivity index (χ4v) is 1.74. The Morgan fingerprint density at radius 3 is 2.50 bits per heavy atom. The Balaban J connectivity index is 2.05. The lowest BCUT2D eigenvalue weighted by Crippen LogP contribution is -2.06. The Bertz CT molecular complexity index is 334. The van der Waals surface area contributed by atoms with Crippen molar-refractivity contribution in [1.82, 2.24) is 0 Å². The standard InChI is InChI=1S/C11H12O3/c12-10(7-4-2-1-3-5-7)8-6-9(8)11(13)14/h1-5,8-10,12H,6H2,(H,13,14)/t8-,9+,10?/m1/s1. The Hall–Kier alpha value is -1.35. The minimum atomic E-state index is -0.801. The summed E-state index contributed by atoms with van der Waals surface area (Å²) in [7, 11) is 0. The highest BCUT2D eigenvalue weighted by atomic mass is 16.4.